The molecule has 5 rings (SSSR count). The molecule has 0 spiro atoms. The number of rotatable bonds is 4. The first-order valence-electron chi connectivity index (χ1n) is 11.0. The van der Waals surface area contributed by atoms with Gasteiger partial charge in [-0.25, -0.2) is 9.97 Å². The zero-order valence-electron chi connectivity index (χ0n) is 18.7. The summed E-state index contributed by atoms with van der Waals surface area (Å²) in [5, 5.41) is 0. The largest absolute Gasteiger partial charge is 0.348 e. The van der Waals surface area contributed by atoms with Crippen molar-refractivity contribution < 1.29 is 4.79 Å². The Balaban J connectivity index is 1.47. The Hall–Kier alpha value is -3.39. The predicted octanol–water partition coefficient (Wildman–Crippen LogP) is 3.08. The third-order valence-corrected chi connectivity index (χ3v) is 6.26. The van der Waals surface area contributed by atoms with Crippen molar-refractivity contribution in [1.29, 1.82) is 0 Å². The van der Waals surface area contributed by atoms with E-state index in [0.717, 1.165) is 64.9 Å². The van der Waals surface area contributed by atoms with Crippen LogP contribution < -0.4 is 0 Å². The lowest BCUT2D eigenvalue weighted by molar-refractivity contribution is -0.130. The van der Waals surface area contributed by atoms with Crippen LogP contribution in [0.15, 0.2) is 43.0 Å². The number of carbonyl (C=O) groups excluding carboxylic acids is 1. The van der Waals surface area contributed by atoms with Crippen LogP contribution >= 0.6 is 0 Å². The summed E-state index contributed by atoms with van der Waals surface area (Å²) in [6, 6.07) is 8.38. The number of aryl methyl sites for hydroxylation is 1. The zero-order valence-corrected chi connectivity index (χ0v) is 18.7. The number of nitrogens with zero attached hydrogens (tertiary/aromatic N) is 7. The third-order valence-electron chi connectivity index (χ3n) is 6.26. The normalized spacial score (nSPS) is 15.5. The molecular formula is C24H27N7O. The van der Waals surface area contributed by atoms with Crippen LogP contribution in [0.5, 0.6) is 0 Å². The molecule has 1 aliphatic rings. The monoisotopic (exact) mass is 429 g/mol. The van der Waals surface area contributed by atoms with Crippen LogP contribution in [0.1, 0.15) is 24.6 Å². The molecular weight excluding hydrogens is 402 g/mol. The van der Waals surface area contributed by atoms with Gasteiger partial charge in [-0.3, -0.25) is 19.7 Å². The molecule has 1 amide bonds. The van der Waals surface area contributed by atoms with Crippen LogP contribution in [0, 0.1) is 6.92 Å². The Morgan fingerprint density at radius 3 is 2.56 bits per heavy atom. The van der Waals surface area contributed by atoms with E-state index in [-0.39, 0.29) is 5.91 Å². The summed E-state index contributed by atoms with van der Waals surface area (Å²) in [6.45, 7) is 4.24. The molecule has 0 atom stereocenters. The Kier molecular flexibility index (Phi) is 5.30. The molecule has 5 heterocycles. The van der Waals surface area contributed by atoms with E-state index in [1.165, 1.54) is 0 Å². The fourth-order valence-corrected chi connectivity index (χ4v) is 4.32. The highest BCUT2D eigenvalue weighted by Crippen LogP contribution is 2.30. The van der Waals surface area contributed by atoms with Gasteiger partial charge in [0.1, 0.15) is 11.0 Å². The molecule has 0 aromatic carbocycles. The Labute approximate surface area is 186 Å². The standard InChI is InChI=1S/C24H27N7O/c1-16-4-5-17(12-25-16)19-6-7-20-23(28-19)24-21(13-26-20)27-15-31(24)18-8-10-30(11-9-18)14-22(32)29(2)3/h4-7,12-13,15,18H,8-11,14H2,1-3H3. The third kappa shape index (κ3) is 3.82. The van der Waals surface area contributed by atoms with Gasteiger partial charge in [0.15, 0.2) is 0 Å². The summed E-state index contributed by atoms with van der Waals surface area (Å²) in [5.74, 6) is 0.149. The first kappa shape index (κ1) is 20.5. The lowest BCUT2D eigenvalue weighted by Gasteiger charge is -2.33. The highest BCUT2D eigenvalue weighted by atomic mass is 16.2. The Morgan fingerprint density at radius 1 is 1.03 bits per heavy atom. The number of piperidine rings is 1. The molecule has 0 saturated carbocycles. The SMILES string of the molecule is Cc1ccc(-c2ccc3ncc4ncn(C5CCN(CC(=O)N(C)C)CC5)c4c3n2)cn1. The van der Waals surface area contributed by atoms with Gasteiger partial charge in [-0.15, -0.1) is 0 Å². The molecule has 164 valence electrons. The minimum atomic E-state index is 0.149. The quantitative estimate of drug-likeness (QED) is 0.496. The summed E-state index contributed by atoms with van der Waals surface area (Å²) in [5.41, 5.74) is 6.45. The molecule has 1 fully saturated rings. The van der Waals surface area contributed by atoms with Crippen LogP contribution in [-0.4, -0.2) is 73.9 Å². The first-order chi connectivity index (χ1) is 15.5. The molecule has 1 aliphatic heterocycles. The molecule has 0 radical (unpaired) electrons. The number of likely N-dealkylation sites (tertiary alicyclic amines) is 1. The maximum absolute atomic E-state index is 12.1. The van der Waals surface area contributed by atoms with Crippen molar-refractivity contribution >= 4 is 28.0 Å². The minimum Gasteiger partial charge on any atom is -0.348 e. The average Bonchev–Trinajstić information content (AvgIpc) is 3.24. The van der Waals surface area contributed by atoms with Crippen LogP contribution in [0.3, 0.4) is 0 Å². The zero-order chi connectivity index (χ0) is 22.2. The van der Waals surface area contributed by atoms with Crippen LogP contribution in [-0.2, 0) is 4.79 Å². The number of carbonyl (C=O) groups is 1. The minimum absolute atomic E-state index is 0.149. The molecule has 8 heteroatoms. The predicted molar refractivity (Wildman–Crippen MR) is 124 cm³/mol. The highest BCUT2D eigenvalue weighted by Gasteiger charge is 2.24. The van der Waals surface area contributed by atoms with Gasteiger partial charge in [-0.2, -0.15) is 0 Å². The second-order valence-electron chi connectivity index (χ2n) is 8.69. The van der Waals surface area contributed by atoms with Crippen molar-refractivity contribution in [1.82, 2.24) is 34.3 Å². The highest BCUT2D eigenvalue weighted by molar-refractivity contribution is 6.00. The summed E-state index contributed by atoms with van der Waals surface area (Å²) >= 11 is 0. The number of fused-ring (bicyclic) bond motifs is 3. The fourth-order valence-electron chi connectivity index (χ4n) is 4.32. The van der Waals surface area contributed by atoms with Crippen LogP contribution in [0.2, 0.25) is 0 Å². The van der Waals surface area contributed by atoms with Gasteiger partial charge < -0.3 is 9.47 Å². The van der Waals surface area contributed by atoms with Crippen LogP contribution in [0.4, 0.5) is 0 Å². The fraction of sp³-hybridized carbons (Fsp3) is 0.375. The van der Waals surface area contributed by atoms with E-state index >= 15 is 0 Å². The molecule has 1 saturated heterocycles. The summed E-state index contributed by atoms with van der Waals surface area (Å²) < 4.78 is 2.26. The van der Waals surface area contributed by atoms with Crippen molar-refractivity contribution in [3.05, 3.63) is 48.7 Å². The van der Waals surface area contributed by atoms with Crippen LogP contribution in [0.25, 0.3) is 33.3 Å². The summed E-state index contributed by atoms with van der Waals surface area (Å²) in [7, 11) is 3.61. The molecule has 4 aromatic heterocycles. The van der Waals surface area contributed by atoms with Crippen molar-refractivity contribution in [2.75, 3.05) is 33.7 Å². The van der Waals surface area contributed by atoms with E-state index in [9.17, 15) is 4.79 Å². The topological polar surface area (TPSA) is 80.0 Å². The van der Waals surface area contributed by atoms with Gasteiger partial charge in [-0.1, -0.05) is 0 Å². The Bertz CT molecular complexity index is 1270. The van der Waals surface area contributed by atoms with E-state index in [1.807, 2.05) is 49.9 Å². The van der Waals surface area contributed by atoms with E-state index < -0.39 is 0 Å². The van der Waals surface area contributed by atoms with Gasteiger partial charge in [0.2, 0.25) is 5.91 Å². The molecule has 4 aromatic rings. The van der Waals surface area contributed by atoms with Crippen molar-refractivity contribution in [2.24, 2.45) is 0 Å². The number of hydrogen-bond acceptors (Lipinski definition) is 6. The van der Waals surface area contributed by atoms with E-state index in [2.05, 4.69) is 24.4 Å². The first-order valence-corrected chi connectivity index (χ1v) is 11.0. The van der Waals surface area contributed by atoms with Gasteiger partial charge in [0.05, 0.1) is 35.8 Å². The van der Waals surface area contributed by atoms with Gasteiger partial charge in [0.25, 0.3) is 0 Å². The van der Waals surface area contributed by atoms with E-state index in [1.54, 1.807) is 19.0 Å². The van der Waals surface area contributed by atoms with Gasteiger partial charge >= 0.3 is 0 Å². The molecule has 8 nitrogen and oxygen atoms in total. The Morgan fingerprint density at radius 2 is 1.84 bits per heavy atom. The summed E-state index contributed by atoms with van der Waals surface area (Å²) in [6.07, 6.45) is 7.54. The van der Waals surface area contributed by atoms with E-state index in [0.29, 0.717) is 12.6 Å². The van der Waals surface area contributed by atoms with Crippen molar-refractivity contribution in [3.63, 3.8) is 0 Å². The lowest BCUT2D eigenvalue weighted by Crippen LogP contribution is -2.41. The summed E-state index contributed by atoms with van der Waals surface area (Å²) in [4.78, 5) is 34.5. The molecule has 0 N–H and O–H groups in total. The number of likely N-dealkylation sites (N-methyl/N-ethyl adjacent to an activating group) is 1. The van der Waals surface area contributed by atoms with Crippen molar-refractivity contribution in [2.45, 2.75) is 25.8 Å². The molecule has 0 aliphatic carbocycles. The molecule has 0 unspecified atom stereocenters. The van der Waals surface area contributed by atoms with E-state index in [4.69, 9.17) is 4.98 Å². The van der Waals surface area contributed by atoms with Gasteiger partial charge in [0, 0.05) is 50.7 Å². The average molecular weight is 430 g/mol. The maximum Gasteiger partial charge on any atom is 0.236 e. The lowest BCUT2D eigenvalue weighted by atomic mass is 10.0. The second-order valence-corrected chi connectivity index (χ2v) is 8.69. The number of pyridine rings is 3. The number of amides is 1. The van der Waals surface area contributed by atoms with Crippen molar-refractivity contribution in [3.8, 4) is 11.3 Å². The number of imidazole rings is 1. The maximum atomic E-state index is 12.1. The number of aromatic nitrogens is 5. The second kappa shape index (κ2) is 8.27. The number of hydrogen-bond donors (Lipinski definition) is 0. The van der Waals surface area contributed by atoms with Gasteiger partial charge in [-0.05, 0) is 44.0 Å². The molecule has 0 bridgehead atoms. The molecule has 32 heavy (non-hydrogen) atoms. The smallest absolute Gasteiger partial charge is 0.236 e.